The van der Waals surface area contributed by atoms with E-state index in [1.807, 2.05) is 0 Å². The first-order valence-electron chi connectivity index (χ1n) is 4.89. The topological polar surface area (TPSA) is 64.9 Å². The molecule has 0 aliphatic carbocycles. The van der Waals surface area contributed by atoms with Crippen LogP contribution in [0.4, 0.5) is 15.9 Å². The molecule has 4 N–H and O–H groups in total. The first-order chi connectivity index (χ1) is 7.65. The third-order valence-corrected chi connectivity index (χ3v) is 2.33. The minimum atomic E-state index is -0.248. The fourth-order valence-corrected chi connectivity index (χ4v) is 1.50. The minimum Gasteiger partial charge on any atom is -0.397 e. The number of nitrogen functional groups attached to an aromatic ring is 2. The number of pyridine rings is 1. The van der Waals surface area contributed by atoms with Gasteiger partial charge in [0.2, 0.25) is 0 Å². The Hall–Kier alpha value is -2.10. The molecule has 4 heteroatoms. The van der Waals surface area contributed by atoms with E-state index in [4.69, 9.17) is 11.5 Å². The number of nitrogens with zero attached hydrogens (tertiary/aromatic N) is 1. The summed E-state index contributed by atoms with van der Waals surface area (Å²) in [5.41, 5.74) is 13.8. The van der Waals surface area contributed by atoms with E-state index >= 15 is 0 Å². The first kappa shape index (κ1) is 10.4. The number of aromatic nitrogens is 1. The van der Waals surface area contributed by atoms with Crippen molar-refractivity contribution in [3.63, 3.8) is 0 Å². The van der Waals surface area contributed by atoms with Crippen LogP contribution in [0.3, 0.4) is 0 Å². The molecule has 0 fully saturated rings. The van der Waals surface area contributed by atoms with Crippen LogP contribution in [-0.4, -0.2) is 4.98 Å². The smallest absolute Gasteiger partial charge is 0.127 e. The number of halogens is 1. The van der Waals surface area contributed by atoms with Gasteiger partial charge in [-0.25, -0.2) is 9.37 Å². The summed E-state index contributed by atoms with van der Waals surface area (Å²) in [4.78, 5) is 3.97. The highest BCUT2D eigenvalue weighted by molar-refractivity contribution is 5.50. The molecule has 1 aromatic heterocycles. The normalized spacial score (nSPS) is 10.3. The zero-order valence-electron chi connectivity index (χ0n) is 8.65. The third kappa shape index (κ3) is 2.28. The van der Waals surface area contributed by atoms with Gasteiger partial charge in [0.25, 0.3) is 0 Å². The van der Waals surface area contributed by atoms with Crippen LogP contribution in [-0.2, 0) is 6.42 Å². The minimum absolute atomic E-state index is 0.248. The molecule has 1 heterocycles. The molecule has 0 atom stereocenters. The monoisotopic (exact) mass is 217 g/mol. The molecule has 16 heavy (non-hydrogen) atoms. The molecule has 3 nitrogen and oxygen atoms in total. The van der Waals surface area contributed by atoms with E-state index in [2.05, 4.69) is 4.98 Å². The Morgan fingerprint density at radius 3 is 2.50 bits per heavy atom. The fourth-order valence-electron chi connectivity index (χ4n) is 1.50. The molecule has 1 aromatic carbocycles. The fraction of sp³-hybridized carbons (Fsp3) is 0.0833. The van der Waals surface area contributed by atoms with Crippen LogP contribution in [0.15, 0.2) is 36.5 Å². The van der Waals surface area contributed by atoms with Gasteiger partial charge >= 0.3 is 0 Å². The predicted octanol–water partition coefficient (Wildman–Crippen LogP) is 1.98. The van der Waals surface area contributed by atoms with Crippen molar-refractivity contribution in [2.24, 2.45) is 0 Å². The van der Waals surface area contributed by atoms with E-state index in [1.165, 1.54) is 18.3 Å². The quantitative estimate of drug-likeness (QED) is 0.808. The Bertz CT molecular complexity index is 494. The molecule has 2 rings (SSSR count). The Morgan fingerprint density at radius 2 is 1.81 bits per heavy atom. The number of anilines is 2. The number of nitrogens with two attached hydrogens (primary N) is 2. The summed E-state index contributed by atoms with van der Waals surface area (Å²) >= 11 is 0. The van der Waals surface area contributed by atoms with E-state index < -0.39 is 0 Å². The van der Waals surface area contributed by atoms with Gasteiger partial charge < -0.3 is 11.5 Å². The molecule has 0 saturated heterocycles. The summed E-state index contributed by atoms with van der Waals surface area (Å²) in [5, 5.41) is 0. The molecular weight excluding hydrogens is 205 g/mol. The van der Waals surface area contributed by atoms with Gasteiger partial charge in [0, 0.05) is 12.0 Å². The Morgan fingerprint density at radius 1 is 1.12 bits per heavy atom. The molecule has 0 unspecified atom stereocenters. The van der Waals surface area contributed by atoms with E-state index in [0.29, 0.717) is 17.9 Å². The van der Waals surface area contributed by atoms with E-state index in [9.17, 15) is 4.39 Å². The molecule has 82 valence electrons. The van der Waals surface area contributed by atoms with Gasteiger partial charge in [-0.2, -0.15) is 0 Å². The van der Waals surface area contributed by atoms with Crippen molar-refractivity contribution in [1.29, 1.82) is 0 Å². The molecule has 0 amide bonds. The maximum absolute atomic E-state index is 12.7. The zero-order valence-corrected chi connectivity index (χ0v) is 8.65. The van der Waals surface area contributed by atoms with Crippen molar-refractivity contribution in [3.05, 3.63) is 53.5 Å². The standard InChI is InChI=1S/C12H12FN3/c13-10-3-1-8(2-4-10)5-9-6-11(14)7-16-12(9)15/h1-4,6-7H,5,14H2,(H2,15,16). The van der Waals surface area contributed by atoms with Crippen LogP contribution >= 0.6 is 0 Å². The van der Waals surface area contributed by atoms with Crippen LogP contribution in [0.25, 0.3) is 0 Å². The summed E-state index contributed by atoms with van der Waals surface area (Å²) in [7, 11) is 0. The molecular formula is C12H12FN3. The lowest BCUT2D eigenvalue weighted by Gasteiger charge is -2.05. The number of hydrogen-bond acceptors (Lipinski definition) is 3. The molecule has 0 saturated carbocycles. The van der Waals surface area contributed by atoms with Gasteiger partial charge in [-0.15, -0.1) is 0 Å². The van der Waals surface area contributed by atoms with Gasteiger partial charge in [-0.1, -0.05) is 12.1 Å². The number of hydrogen-bond donors (Lipinski definition) is 2. The Kier molecular flexibility index (Phi) is 2.72. The van der Waals surface area contributed by atoms with Crippen LogP contribution in [0.2, 0.25) is 0 Å². The highest BCUT2D eigenvalue weighted by atomic mass is 19.1. The van der Waals surface area contributed by atoms with Crippen molar-refractivity contribution in [2.75, 3.05) is 11.5 Å². The van der Waals surface area contributed by atoms with Crippen LogP contribution in [0, 0.1) is 5.82 Å². The lowest BCUT2D eigenvalue weighted by Crippen LogP contribution is -2.00. The van der Waals surface area contributed by atoms with E-state index in [-0.39, 0.29) is 5.82 Å². The summed E-state index contributed by atoms with van der Waals surface area (Å²) in [5.74, 6) is 0.209. The van der Waals surface area contributed by atoms with Gasteiger partial charge in [0.05, 0.1) is 11.9 Å². The van der Waals surface area contributed by atoms with Crippen LogP contribution < -0.4 is 11.5 Å². The van der Waals surface area contributed by atoms with Crippen molar-refractivity contribution in [1.82, 2.24) is 4.98 Å². The molecule has 0 spiro atoms. The summed E-state index contributed by atoms with van der Waals surface area (Å²) in [6.07, 6.45) is 2.12. The molecule has 2 aromatic rings. The summed E-state index contributed by atoms with van der Waals surface area (Å²) in [6, 6.07) is 8.07. The lowest BCUT2D eigenvalue weighted by molar-refractivity contribution is 0.627. The van der Waals surface area contributed by atoms with E-state index in [1.54, 1.807) is 18.2 Å². The molecule has 0 aliphatic heterocycles. The van der Waals surface area contributed by atoms with Crippen LogP contribution in [0.5, 0.6) is 0 Å². The number of rotatable bonds is 2. The highest BCUT2D eigenvalue weighted by Gasteiger charge is 2.03. The second-order valence-electron chi connectivity index (χ2n) is 3.62. The van der Waals surface area contributed by atoms with Crippen LogP contribution in [0.1, 0.15) is 11.1 Å². The van der Waals surface area contributed by atoms with Gasteiger partial charge in [0.1, 0.15) is 11.6 Å². The van der Waals surface area contributed by atoms with Gasteiger partial charge in [-0.3, -0.25) is 0 Å². The predicted molar refractivity (Wildman–Crippen MR) is 62.3 cm³/mol. The summed E-state index contributed by atoms with van der Waals surface area (Å²) < 4.78 is 12.7. The SMILES string of the molecule is Nc1cnc(N)c(Cc2ccc(F)cc2)c1. The van der Waals surface area contributed by atoms with Gasteiger partial charge in [-0.05, 0) is 23.8 Å². The summed E-state index contributed by atoms with van der Waals surface area (Å²) in [6.45, 7) is 0. The third-order valence-electron chi connectivity index (χ3n) is 2.33. The largest absolute Gasteiger partial charge is 0.397 e. The number of benzene rings is 1. The molecule has 0 bridgehead atoms. The molecule has 0 radical (unpaired) electrons. The zero-order chi connectivity index (χ0) is 11.5. The van der Waals surface area contributed by atoms with Gasteiger partial charge in [0.15, 0.2) is 0 Å². The van der Waals surface area contributed by atoms with Crippen molar-refractivity contribution < 1.29 is 4.39 Å². The lowest BCUT2D eigenvalue weighted by atomic mass is 10.1. The van der Waals surface area contributed by atoms with Crippen molar-refractivity contribution in [2.45, 2.75) is 6.42 Å². The second kappa shape index (κ2) is 4.18. The highest BCUT2D eigenvalue weighted by Crippen LogP contribution is 2.17. The maximum Gasteiger partial charge on any atom is 0.127 e. The first-order valence-corrected chi connectivity index (χ1v) is 4.89. The van der Waals surface area contributed by atoms with Crippen molar-refractivity contribution in [3.8, 4) is 0 Å². The second-order valence-corrected chi connectivity index (χ2v) is 3.62. The molecule has 0 aliphatic rings. The Labute approximate surface area is 92.9 Å². The Balaban J connectivity index is 2.26. The van der Waals surface area contributed by atoms with Crippen molar-refractivity contribution >= 4 is 11.5 Å². The van der Waals surface area contributed by atoms with E-state index in [0.717, 1.165) is 11.1 Å². The average Bonchev–Trinajstić information content (AvgIpc) is 2.27. The maximum atomic E-state index is 12.7. The average molecular weight is 217 g/mol.